The first kappa shape index (κ1) is 13.4. The Balaban J connectivity index is 2.29. The third kappa shape index (κ3) is 2.87. The highest BCUT2D eigenvalue weighted by atomic mass is 19.1. The fraction of sp³-hybridized carbons (Fsp3) is 0.417. The first-order valence-electron chi connectivity index (χ1n) is 5.94. The van der Waals surface area contributed by atoms with Gasteiger partial charge in [-0.3, -0.25) is 0 Å². The van der Waals surface area contributed by atoms with Crippen molar-refractivity contribution >= 4 is 5.69 Å². The van der Waals surface area contributed by atoms with Gasteiger partial charge in [0.25, 0.3) is 0 Å². The molecule has 0 aliphatic rings. The van der Waals surface area contributed by atoms with Crippen molar-refractivity contribution in [3.63, 3.8) is 0 Å². The number of tetrazole rings is 1. The Morgan fingerprint density at radius 1 is 1.42 bits per heavy atom. The van der Waals surface area contributed by atoms with Crippen LogP contribution in [0.25, 0.3) is 11.4 Å². The number of nitrogens with zero attached hydrogens (tertiary/aromatic N) is 4. The highest BCUT2D eigenvalue weighted by molar-refractivity contribution is 5.63. The Hall–Kier alpha value is -2.02. The summed E-state index contributed by atoms with van der Waals surface area (Å²) in [6, 6.07) is 3.07. The SMILES string of the molecule is COCCCn1nnnc1-c1cc(N)c(C)c(F)c1. The summed E-state index contributed by atoms with van der Waals surface area (Å²) in [6.45, 7) is 2.85. The van der Waals surface area contributed by atoms with Crippen molar-refractivity contribution in [2.45, 2.75) is 19.9 Å². The van der Waals surface area contributed by atoms with Crippen LogP contribution in [-0.2, 0) is 11.3 Å². The quantitative estimate of drug-likeness (QED) is 0.653. The zero-order valence-corrected chi connectivity index (χ0v) is 10.9. The van der Waals surface area contributed by atoms with Gasteiger partial charge in [-0.25, -0.2) is 9.07 Å². The number of methoxy groups -OCH3 is 1. The zero-order chi connectivity index (χ0) is 13.8. The summed E-state index contributed by atoms with van der Waals surface area (Å²) < 4.78 is 20.3. The Labute approximate surface area is 110 Å². The van der Waals surface area contributed by atoms with Crippen LogP contribution >= 0.6 is 0 Å². The first-order valence-corrected chi connectivity index (χ1v) is 5.94. The van der Waals surface area contributed by atoms with Crippen molar-refractivity contribution in [2.24, 2.45) is 0 Å². The summed E-state index contributed by atoms with van der Waals surface area (Å²) in [4.78, 5) is 0. The number of hydrogen-bond donors (Lipinski definition) is 1. The fourth-order valence-corrected chi connectivity index (χ4v) is 1.75. The Bertz CT molecular complexity index is 546. The lowest BCUT2D eigenvalue weighted by atomic mass is 10.1. The number of aromatic nitrogens is 4. The molecule has 0 fully saturated rings. The number of aryl methyl sites for hydroxylation is 1. The highest BCUT2D eigenvalue weighted by Crippen LogP contribution is 2.24. The minimum atomic E-state index is -0.360. The average Bonchev–Trinajstić information content (AvgIpc) is 2.84. The maximum atomic E-state index is 13.7. The van der Waals surface area contributed by atoms with Crippen LogP contribution in [0.15, 0.2) is 12.1 Å². The van der Waals surface area contributed by atoms with Gasteiger partial charge in [0.15, 0.2) is 5.82 Å². The molecule has 0 aliphatic heterocycles. The minimum absolute atomic E-state index is 0.360. The molecule has 0 saturated carbocycles. The molecule has 19 heavy (non-hydrogen) atoms. The van der Waals surface area contributed by atoms with Crippen molar-refractivity contribution in [2.75, 3.05) is 19.5 Å². The second kappa shape index (κ2) is 5.75. The summed E-state index contributed by atoms with van der Waals surface area (Å²) in [7, 11) is 1.64. The van der Waals surface area contributed by atoms with Crippen molar-refractivity contribution in [3.8, 4) is 11.4 Å². The van der Waals surface area contributed by atoms with Gasteiger partial charge in [-0.05, 0) is 35.9 Å². The molecule has 7 heteroatoms. The molecule has 0 atom stereocenters. The molecule has 1 aromatic carbocycles. The van der Waals surface area contributed by atoms with E-state index in [0.29, 0.717) is 35.8 Å². The molecule has 0 unspecified atom stereocenters. The third-order valence-electron chi connectivity index (χ3n) is 2.89. The topological polar surface area (TPSA) is 78.8 Å². The van der Waals surface area contributed by atoms with E-state index >= 15 is 0 Å². The molecule has 1 aromatic heterocycles. The molecular formula is C12H16FN5O. The van der Waals surface area contributed by atoms with Gasteiger partial charge >= 0.3 is 0 Å². The van der Waals surface area contributed by atoms with Gasteiger partial charge < -0.3 is 10.5 Å². The van der Waals surface area contributed by atoms with Crippen molar-refractivity contribution in [3.05, 3.63) is 23.5 Å². The van der Waals surface area contributed by atoms with E-state index in [1.165, 1.54) is 6.07 Å². The van der Waals surface area contributed by atoms with Gasteiger partial charge in [-0.15, -0.1) is 5.10 Å². The summed E-state index contributed by atoms with van der Waals surface area (Å²) in [5.74, 6) is 0.142. The lowest BCUT2D eigenvalue weighted by Crippen LogP contribution is -2.06. The average molecular weight is 265 g/mol. The van der Waals surface area contributed by atoms with E-state index in [-0.39, 0.29) is 5.82 Å². The molecule has 2 N–H and O–H groups in total. The van der Waals surface area contributed by atoms with Crippen LogP contribution in [-0.4, -0.2) is 33.9 Å². The number of nitrogens with two attached hydrogens (primary N) is 1. The standard InChI is InChI=1S/C12H16FN5O/c1-8-10(13)6-9(7-11(8)14)12-15-16-17-18(12)4-3-5-19-2/h6-7H,3-5,14H2,1-2H3. The van der Waals surface area contributed by atoms with Crippen LogP contribution in [0.4, 0.5) is 10.1 Å². The van der Waals surface area contributed by atoms with E-state index in [4.69, 9.17) is 10.5 Å². The molecule has 0 amide bonds. The third-order valence-corrected chi connectivity index (χ3v) is 2.89. The second-order valence-electron chi connectivity index (χ2n) is 4.24. The number of hydrogen-bond acceptors (Lipinski definition) is 5. The van der Waals surface area contributed by atoms with Crippen LogP contribution in [0.3, 0.4) is 0 Å². The van der Waals surface area contributed by atoms with Crippen LogP contribution < -0.4 is 5.73 Å². The normalized spacial score (nSPS) is 10.9. The van der Waals surface area contributed by atoms with E-state index in [1.807, 2.05) is 0 Å². The predicted molar refractivity (Wildman–Crippen MR) is 68.9 cm³/mol. The van der Waals surface area contributed by atoms with E-state index in [1.54, 1.807) is 24.8 Å². The Morgan fingerprint density at radius 2 is 2.21 bits per heavy atom. The molecule has 0 saturated heterocycles. The maximum Gasteiger partial charge on any atom is 0.182 e. The largest absolute Gasteiger partial charge is 0.398 e. The molecule has 6 nitrogen and oxygen atoms in total. The van der Waals surface area contributed by atoms with E-state index in [9.17, 15) is 4.39 Å². The van der Waals surface area contributed by atoms with Gasteiger partial charge in [-0.2, -0.15) is 0 Å². The fourth-order valence-electron chi connectivity index (χ4n) is 1.75. The van der Waals surface area contributed by atoms with Crippen LogP contribution in [0.2, 0.25) is 0 Å². The van der Waals surface area contributed by atoms with Crippen LogP contribution in [0, 0.1) is 12.7 Å². The predicted octanol–water partition coefficient (Wildman–Crippen LogP) is 1.41. The van der Waals surface area contributed by atoms with Crippen molar-refractivity contribution in [1.29, 1.82) is 0 Å². The molecule has 1 heterocycles. The smallest absolute Gasteiger partial charge is 0.182 e. The van der Waals surface area contributed by atoms with Gasteiger partial charge in [-0.1, -0.05) is 0 Å². The molecule has 0 spiro atoms. The van der Waals surface area contributed by atoms with Crippen LogP contribution in [0.1, 0.15) is 12.0 Å². The first-order chi connectivity index (χ1) is 9.13. The van der Waals surface area contributed by atoms with Crippen molar-refractivity contribution < 1.29 is 9.13 Å². The molecule has 0 bridgehead atoms. The Morgan fingerprint density at radius 3 is 2.89 bits per heavy atom. The lowest BCUT2D eigenvalue weighted by molar-refractivity contribution is 0.189. The molecular weight excluding hydrogens is 249 g/mol. The van der Waals surface area contributed by atoms with Gasteiger partial charge in [0.05, 0.1) is 0 Å². The van der Waals surface area contributed by atoms with Gasteiger partial charge in [0.2, 0.25) is 0 Å². The Kier molecular flexibility index (Phi) is 4.06. The minimum Gasteiger partial charge on any atom is -0.398 e. The molecule has 2 aromatic rings. The monoisotopic (exact) mass is 265 g/mol. The van der Waals surface area contributed by atoms with E-state index in [2.05, 4.69) is 15.5 Å². The number of halogens is 1. The zero-order valence-electron chi connectivity index (χ0n) is 10.9. The molecule has 2 rings (SSSR count). The summed E-state index contributed by atoms with van der Waals surface area (Å²) in [5, 5.41) is 11.4. The maximum absolute atomic E-state index is 13.7. The second-order valence-corrected chi connectivity index (χ2v) is 4.24. The molecule has 0 aliphatic carbocycles. The van der Waals surface area contributed by atoms with Gasteiger partial charge in [0, 0.05) is 37.1 Å². The van der Waals surface area contributed by atoms with Crippen LogP contribution in [0.5, 0.6) is 0 Å². The van der Waals surface area contributed by atoms with Crippen molar-refractivity contribution in [1.82, 2.24) is 20.2 Å². The number of ether oxygens (including phenoxy) is 1. The number of benzene rings is 1. The molecule has 102 valence electrons. The summed E-state index contributed by atoms with van der Waals surface area (Å²) in [5.41, 5.74) is 7.16. The van der Waals surface area contributed by atoms with E-state index in [0.717, 1.165) is 6.42 Å². The number of nitrogen functional groups attached to an aromatic ring is 1. The number of anilines is 1. The van der Waals surface area contributed by atoms with Gasteiger partial charge in [0.1, 0.15) is 5.82 Å². The molecule has 0 radical (unpaired) electrons. The van der Waals surface area contributed by atoms with E-state index < -0.39 is 0 Å². The summed E-state index contributed by atoms with van der Waals surface area (Å²) >= 11 is 0. The number of rotatable bonds is 5. The lowest BCUT2D eigenvalue weighted by Gasteiger charge is -2.07. The highest BCUT2D eigenvalue weighted by Gasteiger charge is 2.12. The summed E-state index contributed by atoms with van der Waals surface area (Å²) in [6.07, 6.45) is 0.776.